The number of nitrogens with one attached hydrogen (secondary N) is 1. The van der Waals surface area contributed by atoms with Gasteiger partial charge in [0.1, 0.15) is 0 Å². The van der Waals surface area contributed by atoms with Crippen LogP contribution in [0.2, 0.25) is 10.0 Å². The summed E-state index contributed by atoms with van der Waals surface area (Å²) in [5.74, 6) is -2.31. The maximum Gasteiger partial charge on any atom is 0.490 e. The van der Waals surface area contributed by atoms with Crippen molar-refractivity contribution in [3.05, 3.63) is 69.7 Å². The Hall–Kier alpha value is -2.29. The Morgan fingerprint density at radius 1 is 1.03 bits per heavy atom. The summed E-state index contributed by atoms with van der Waals surface area (Å²) in [6, 6.07) is 15.9. The number of aliphatic carboxylic acids is 1. The van der Waals surface area contributed by atoms with Crippen LogP contribution in [-0.2, 0) is 16.0 Å². The predicted molar refractivity (Wildman–Crippen MR) is 131 cm³/mol. The van der Waals surface area contributed by atoms with Crippen LogP contribution in [0.1, 0.15) is 36.8 Å². The van der Waals surface area contributed by atoms with Crippen LogP contribution in [-0.4, -0.2) is 54.2 Å². The predicted octanol–water partition coefficient (Wildman–Crippen LogP) is 5.80. The van der Waals surface area contributed by atoms with E-state index < -0.39 is 12.1 Å². The summed E-state index contributed by atoms with van der Waals surface area (Å²) < 4.78 is 31.7. The van der Waals surface area contributed by atoms with Crippen LogP contribution in [0.25, 0.3) is 0 Å². The molecule has 0 saturated carbocycles. The molecule has 5 nitrogen and oxygen atoms in total. The molecule has 1 aliphatic rings. The van der Waals surface area contributed by atoms with E-state index in [4.69, 9.17) is 33.1 Å². The first-order valence-electron chi connectivity index (χ1n) is 11.2. The third-order valence-corrected chi connectivity index (χ3v) is 6.48. The third-order valence-electron chi connectivity index (χ3n) is 5.97. The highest BCUT2D eigenvalue weighted by Crippen LogP contribution is 2.27. The zero-order chi connectivity index (χ0) is 26.2. The molecule has 1 amide bonds. The topological polar surface area (TPSA) is 69.6 Å². The molecule has 0 radical (unpaired) electrons. The number of piperidine rings is 1. The van der Waals surface area contributed by atoms with Crippen molar-refractivity contribution >= 4 is 35.1 Å². The largest absolute Gasteiger partial charge is 0.490 e. The number of carboxylic acids is 1. The van der Waals surface area contributed by atoms with Gasteiger partial charge >= 0.3 is 12.1 Å². The van der Waals surface area contributed by atoms with Gasteiger partial charge in [-0.05, 0) is 81.7 Å². The maximum absolute atomic E-state index is 12.8. The van der Waals surface area contributed by atoms with E-state index in [1.54, 1.807) is 0 Å². The van der Waals surface area contributed by atoms with Crippen molar-refractivity contribution in [1.82, 2.24) is 10.2 Å². The lowest BCUT2D eigenvalue weighted by atomic mass is 9.86. The summed E-state index contributed by atoms with van der Waals surface area (Å²) in [5.41, 5.74) is 2.38. The van der Waals surface area contributed by atoms with E-state index in [0.29, 0.717) is 0 Å². The van der Waals surface area contributed by atoms with Crippen molar-refractivity contribution in [2.45, 2.75) is 44.3 Å². The number of hydrogen-bond donors (Lipinski definition) is 2. The molecular weight excluding hydrogens is 504 g/mol. The zero-order valence-corrected chi connectivity index (χ0v) is 21.0. The van der Waals surface area contributed by atoms with Gasteiger partial charge in [0.25, 0.3) is 0 Å². The van der Waals surface area contributed by atoms with E-state index in [2.05, 4.69) is 48.5 Å². The number of likely N-dealkylation sites (tertiary alicyclic amines) is 1. The van der Waals surface area contributed by atoms with Crippen molar-refractivity contribution in [2.75, 3.05) is 20.1 Å². The number of amides is 1. The van der Waals surface area contributed by atoms with Gasteiger partial charge in [-0.1, -0.05) is 47.5 Å². The summed E-state index contributed by atoms with van der Waals surface area (Å²) >= 11 is 12.1. The first-order valence-corrected chi connectivity index (χ1v) is 11.9. The minimum atomic E-state index is -5.08. The number of alkyl halides is 3. The lowest BCUT2D eigenvalue weighted by Crippen LogP contribution is -2.44. The van der Waals surface area contributed by atoms with Gasteiger partial charge < -0.3 is 15.3 Å². The Morgan fingerprint density at radius 2 is 1.49 bits per heavy atom. The number of rotatable bonds is 6. The Morgan fingerprint density at radius 3 is 1.94 bits per heavy atom. The standard InChI is InChI=1S/C23H28Cl2N2O.C2HF3O2/c1-16(26-23(28)19-11-13-27(2)14-12-19)22(18-5-9-21(25)10-6-18)15-17-3-7-20(24)8-4-17;3-2(4,5)1(6)7/h3-10,16,19,22H,11-15H2,1-2H3,(H,26,28);(H,6,7). The average molecular weight is 533 g/mol. The molecule has 1 aliphatic heterocycles. The van der Waals surface area contributed by atoms with Gasteiger partial charge in [-0.2, -0.15) is 13.2 Å². The van der Waals surface area contributed by atoms with E-state index >= 15 is 0 Å². The maximum atomic E-state index is 12.8. The lowest BCUT2D eigenvalue weighted by Gasteiger charge is -2.31. The normalized spacial score (nSPS) is 16.5. The molecule has 1 saturated heterocycles. The van der Waals surface area contributed by atoms with Crippen LogP contribution in [0.5, 0.6) is 0 Å². The van der Waals surface area contributed by atoms with E-state index in [0.717, 1.165) is 42.4 Å². The molecule has 2 aromatic rings. The number of carboxylic acid groups (broad SMARTS) is 1. The van der Waals surface area contributed by atoms with Crippen LogP contribution >= 0.6 is 23.2 Å². The van der Waals surface area contributed by atoms with E-state index in [1.165, 1.54) is 11.1 Å². The fraction of sp³-hybridized carbons (Fsp3) is 0.440. The van der Waals surface area contributed by atoms with Crippen molar-refractivity contribution in [3.63, 3.8) is 0 Å². The van der Waals surface area contributed by atoms with Gasteiger partial charge in [-0.3, -0.25) is 4.79 Å². The van der Waals surface area contributed by atoms with Crippen LogP contribution in [0.4, 0.5) is 13.2 Å². The molecule has 192 valence electrons. The van der Waals surface area contributed by atoms with E-state index in [9.17, 15) is 18.0 Å². The molecule has 2 aromatic carbocycles. The van der Waals surface area contributed by atoms with Gasteiger partial charge in [0.15, 0.2) is 0 Å². The van der Waals surface area contributed by atoms with Gasteiger partial charge in [-0.15, -0.1) is 0 Å². The van der Waals surface area contributed by atoms with E-state index in [1.807, 2.05) is 24.3 Å². The molecule has 0 bridgehead atoms. The van der Waals surface area contributed by atoms with Crippen molar-refractivity contribution < 1.29 is 27.9 Å². The molecule has 3 rings (SSSR count). The molecule has 1 fully saturated rings. The van der Waals surface area contributed by atoms with Gasteiger partial charge in [-0.25, -0.2) is 4.79 Å². The van der Waals surface area contributed by atoms with Crippen molar-refractivity contribution in [2.24, 2.45) is 5.92 Å². The number of hydrogen-bond acceptors (Lipinski definition) is 3. The third kappa shape index (κ3) is 9.70. The first-order chi connectivity index (χ1) is 16.4. The van der Waals surface area contributed by atoms with Crippen LogP contribution in [0, 0.1) is 5.92 Å². The molecule has 35 heavy (non-hydrogen) atoms. The summed E-state index contributed by atoms with van der Waals surface area (Å²) in [5, 5.41) is 11.9. The van der Waals surface area contributed by atoms with Crippen LogP contribution in [0.3, 0.4) is 0 Å². The Labute approximate surface area is 213 Å². The highest BCUT2D eigenvalue weighted by atomic mass is 35.5. The lowest BCUT2D eigenvalue weighted by molar-refractivity contribution is -0.192. The molecule has 2 atom stereocenters. The second kappa shape index (κ2) is 13.1. The highest BCUT2D eigenvalue weighted by molar-refractivity contribution is 6.30. The molecule has 0 aromatic heterocycles. The summed E-state index contributed by atoms with van der Waals surface area (Å²) in [6.45, 7) is 4.07. The first kappa shape index (κ1) is 28.9. The van der Waals surface area contributed by atoms with Crippen molar-refractivity contribution in [1.29, 1.82) is 0 Å². The minimum Gasteiger partial charge on any atom is -0.475 e. The zero-order valence-electron chi connectivity index (χ0n) is 19.5. The monoisotopic (exact) mass is 532 g/mol. The summed E-state index contributed by atoms with van der Waals surface area (Å²) in [7, 11) is 2.11. The van der Waals surface area contributed by atoms with Gasteiger partial charge in [0.2, 0.25) is 5.91 Å². The number of carbonyl (C=O) groups excluding carboxylic acids is 1. The molecular formula is C25H29Cl2F3N2O3. The number of halogens is 5. The Balaban J connectivity index is 0.000000540. The fourth-order valence-electron chi connectivity index (χ4n) is 3.88. The fourth-order valence-corrected chi connectivity index (χ4v) is 4.13. The van der Waals surface area contributed by atoms with Crippen LogP contribution in [0.15, 0.2) is 48.5 Å². The Kier molecular flexibility index (Phi) is 10.9. The number of nitrogens with zero attached hydrogens (tertiary/aromatic N) is 1. The highest BCUT2D eigenvalue weighted by Gasteiger charge is 2.38. The van der Waals surface area contributed by atoms with Crippen molar-refractivity contribution in [3.8, 4) is 0 Å². The van der Waals surface area contributed by atoms with Crippen LogP contribution < -0.4 is 5.32 Å². The quantitative estimate of drug-likeness (QED) is 0.493. The number of carbonyl (C=O) groups is 2. The minimum absolute atomic E-state index is 0.0176. The second-order valence-corrected chi connectivity index (χ2v) is 9.54. The van der Waals surface area contributed by atoms with E-state index in [-0.39, 0.29) is 23.8 Å². The molecule has 1 heterocycles. The molecule has 10 heteroatoms. The van der Waals surface area contributed by atoms with Gasteiger partial charge in [0, 0.05) is 27.9 Å². The molecule has 2 N–H and O–H groups in total. The van der Waals surface area contributed by atoms with Gasteiger partial charge in [0.05, 0.1) is 0 Å². The second-order valence-electron chi connectivity index (χ2n) is 8.67. The molecule has 0 spiro atoms. The average Bonchev–Trinajstić information content (AvgIpc) is 2.79. The Bertz CT molecular complexity index is 961. The summed E-state index contributed by atoms with van der Waals surface area (Å²) in [4.78, 5) is 24.0. The smallest absolute Gasteiger partial charge is 0.475 e. The molecule has 0 aliphatic carbocycles. The summed E-state index contributed by atoms with van der Waals surface area (Å²) in [6.07, 6.45) is -2.40. The SMILES string of the molecule is CC(NC(=O)C1CCN(C)CC1)C(Cc1ccc(Cl)cc1)c1ccc(Cl)cc1.O=C(O)C(F)(F)F. The molecule has 2 unspecified atom stereocenters. The number of benzene rings is 2.